The van der Waals surface area contributed by atoms with Gasteiger partial charge in [0.2, 0.25) is 15.8 Å². The second kappa shape index (κ2) is 9.88. The SMILES string of the molecule is COCCCn1c(C)cc(C(=O)COC(=O)c2cc(S(N)(=O)=O)ccc2OC)c1C. The number of carbonyl (C=O) groups excluding carboxylic acids is 2. The second-order valence-electron chi connectivity index (χ2n) is 6.69. The van der Waals surface area contributed by atoms with E-state index >= 15 is 0 Å². The average Bonchev–Trinajstić information content (AvgIpc) is 2.99. The number of Topliss-reactive ketones (excluding diaryl/α,β-unsaturated/α-hetero) is 1. The number of hydrogen-bond donors (Lipinski definition) is 1. The highest BCUT2D eigenvalue weighted by Crippen LogP contribution is 2.23. The third kappa shape index (κ3) is 5.47. The fourth-order valence-corrected chi connectivity index (χ4v) is 3.64. The molecule has 10 heteroatoms. The van der Waals surface area contributed by atoms with E-state index in [1.165, 1.54) is 19.2 Å². The average molecular weight is 439 g/mol. The fourth-order valence-electron chi connectivity index (χ4n) is 3.10. The van der Waals surface area contributed by atoms with Crippen molar-refractivity contribution in [2.75, 3.05) is 27.4 Å². The molecule has 0 radical (unpaired) electrons. The molecule has 0 amide bonds. The van der Waals surface area contributed by atoms with Crippen LogP contribution < -0.4 is 9.88 Å². The normalized spacial score (nSPS) is 11.4. The van der Waals surface area contributed by atoms with Crippen LogP contribution in [0.15, 0.2) is 29.2 Å². The summed E-state index contributed by atoms with van der Waals surface area (Å²) in [5.41, 5.74) is 2.02. The Hall–Kier alpha value is -2.69. The van der Waals surface area contributed by atoms with Gasteiger partial charge in [0.15, 0.2) is 6.61 Å². The smallest absolute Gasteiger partial charge is 0.342 e. The summed E-state index contributed by atoms with van der Waals surface area (Å²) in [4.78, 5) is 24.8. The highest BCUT2D eigenvalue weighted by Gasteiger charge is 2.21. The number of hydrogen-bond acceptors (Lipinski definition) is 7. The van der Waals surface area contributed by atoms with E-state index in [9.17, 15) is 18.0 Å². The molecule has 0 aliphatic heterocycles. The zero-order chi connectivity index (χ0) is 22.5. The van der Waals surface area contributed by atoms with Crippen LogP contribution >= 0.6 is 0 Å². The largest absolute Gasteiger partial charge is 0.496 e. The maximum absolute atomic E-state index is 12.6. The van der Waals surface area contributed by atoms with Crippen molar-refractivity contribution in [2.24, 2.45) is 5.14 Å². The van der Waals surface area contributed by atoms with Gasteiger partial charge in [0.25, 0.3) is 0 Å². The quantitative estimate of drug-likeness (QED) is 0.341. The first-order valence-corrected chi connectivity index (χ1v) is 10.7. The molecule has 0 aliphatic rings. The highest BCUT2D eigenvalue weighted by atomic mass is 32.2. The minimum absolute atomic E-state index is 0.108. The Balaban J connectivity index is 2.15. The zero-order valence-electron chi connectivity index (χ0n) is 17.4. The number of ether oxygens (including phenoxy) is 3. The minimum Gasteiger partial charge on any atom is -0.496 e. The number of methoxy groups -OCH3 is 2. The number of aryl methyl sites for hydroxylation is 1. The van der Waals surface area contributed by atoms with Crippen molar-refractivity contribution in [3.05, 3.63) is 46.8 Å². The van der Waals surface area contributed by atoms with Crippen molar-refractivity contribution < 1.29 is 32.2 Å². The third-order valence-electron chi connectivity index (χ3n) is 4.66. The lowest BCUT2D eigenvalue weighted by atomic mass is 10.1. The van der Waals surface area contributed by atoms with Crippen molar-refractivity contribution in [3.8, 4) is 5.75 Å². The van der Waals surface area contributed by atoms with Crippen LogP contribution in [-0.4, -0.2) is 52.2 Å². The van der Waals surface area contributed by atoms with E-state index in [1.807, 2.05) is 18.4 Å². The molecular formula is C20H26N2O7S. The maximum atomic E-state index is 12.6. The van der Waals surface area contributed by atoms with Gasteiger partial charge in [-0.05, 0) is 44.5 Å². The van der Waals surface area contributed by atoms with Crippen LogP contribution in [0.5, 0.6) is 5.75 Å². The molecule has 0 fully saturated rings. The summed E-state index contributed by atoms with van der Waals surface area (Å²) in [6, 6.07) is 5.32. The Morgan fingerprint density at radius 1 is 1.10 bits per heavy atom. The summed E-state index contributed by atoms with van der Waals surface area (Å²) in [5, 5.41) is 5.11. The van der Waals surface area contributed by atoms with Gasteiger partial charge in [0.05, 0.1) is 12.0 Å². The molecule has 0 spiro atoms. The number of nitrogens with two attached hydrogens (primary N) is 1. The molecule has 0 bridgehead atoms. The van der Waals surface area contributed by atoms with E-state index in [-0.39, 0.29) is 22.0 Å². The first-order chi connectivity index (χ1) is 14.1. The van der Waals surface area contributed by atoms with Gasteiger partial charge < -0.3 is 18.8 Å². The van der Waals surface area contributed by atoms with Crippen molar-refractivity contribution >= 4 is 21.8 Å². The van der Waals surface area contributed by atoms with Crippen LogP contribution in [0.25, 0.3) is 0 Å². The van der Waals surface area contributed by atoms with Gasteiger partial charge >= 0.3 is 5.97 Å². The molecule has 1 aromatic heterocycles. The summed E-state index contributed by atoms with van der Waals surface area (Å²) < 4.78 is 40.4. The Bertz CT molecular complexity index is 1040. The fraction of sp³-hybridized carbons (Fsp3) is 0.400. The summed E-state index contributed by atoms with van der Waals surface area (Å²) in [7, 11) is -1.06. The molecule has 1 heterocycles. The monoisotopic (exact) mass is 438 g/mol. The molecule has 2 rings (SSSR count). The molecule has 1 aromatic carbocycles. The number of esters is 1. The van der Waals surface area contributed by atoms with E-state index < -0.39 is 22.6 Å². The third-order valence-corrected chi connectivity index (χ3v) is 5.57. The molecule has 9 nitrogen and oxygen atoms in total. The van der Waals surface area contributed by atoms with Gasteiger partial charge in [0, 0.05) is 37.2 Å². The van der Waals surface area contributed by atoms with Crippen LogP contribution in [-0.2, 0) is 26.0 Å². The van der Waals surface area contributed by atoms with Crippen LogP contribution in [0.4, 0.5) is 0 Å². The maximum Gasteiger partial charge on any atom is 0.342 e. The van der Waals surface area contributed by atoms with Crippen LogP contribution in [0.2, 0.25) is 0 Å². The molecule has 30 heavy (non-hydrogen) atoms. The Kier molecular flexibility index (Phi) is 7.77. The Labute approximate surface area is 175 Å². The number of sulfonamides is 1. The molecule has 0 saturated heterocycles. The van der Waals surface area contributed by atoms with Crippen LogP contribution in [0.3, 0.4) is 0 Å². The molecule has 164 valence electrons. The summed E-state index contributed by atoms with van der Waals surface area (Å²) in [6.45, 7) is 4.54. The number of nitrogens with zero attached hydrogens (tertiary/aromatic N) is 1. The molecular weight excluding hydrogens is 412 g/mol. The van der Waals surface area contributed by atoms with Gasteiger partial charge in [-0.1, -0.05) is 0 Å². The van der Waals surface area contributed by atoms with E-state index in [0.29, 0.717) is 18.7 Å². The number of carbonyl (C=O) groups is 2. The number of benzene rings is 1. The molecule has 0 saturated carbocycles. The first-order valence-electron chi connectivity index (χ1n) is 9.17. The van der Waals surface area contributed by atoms with Crippen molar-refractivity contribution in [3.63, 3.8) is 0 Å². The summed E-state index contributed by atoms with van der Waals surface area (Å²) >= 11 is 0. The molecule has 2 N–H and O–H groups in total. The lowest BCUT2D eigenvalue weighted by Gasteiger charge is -2.11. The van der Waals surface area contributed by atoms with Gasteiger partial charge in [-0.2, -0.15) is 0 Å². The van der Waals surface area contributed by atoms with E-state index in [0.717, 1.165) is 23.9 Å². The molecule has 0 aliphatic carbocycles. The second-order valence-corrected chi connectivity index (χ2v) is 8.25. The van der Waals surface area contributed by atoms with Crippen molar-refractivity contribution in [1.82, 2.24) is 4.57 Å². The standard InChI is InChI=1S/C20H26N2O7S/c1-13-10-16(14(2)22(13)8-5-9-27-3)18(23)12-29-20(24)17-11-15(30(21,25)26)6-7-19(17)28-4/h6-7,10-11H,5,8-9,12H2,1-4H3,(H2,21,25,26). The van der Waals surface area contributed by atoms with Crippen LogP contribution in [0.1, 0.15) is 38.5 Å². The molecule has 0 unspecified atom stereocenters. The van der Waals surface area contributed by atoms with E-state index in [2.05, 4.69) is 0 Å². The summed E-state index contributed by atoms with van der Waals surface area (Å²) in [5.74, 6) is -1.15. The van der Waals surface area contributed by atoms with Gasteiger partial charge in [-0.15, -0.1) is 0 Å². The molecule has 2 aromatic rings. The van der Waals surface area contributed by atoms with Gasteiger partial charge in [-0.3, -0.25) is 4.79 Å². The number of aromatic nitrogens is 1. The number of primary sulfonamides is 1. The zero-order valence-corrected chi connectivity index (χ0v) is 18.2. The lowest BCUT2D eigenvalue weighted by molar-refractivity contribution is 0.0471. The lowest BCUT2D eigenvalue weighted by Crippen LogP contribution is -2.17. The van der Waals surface area contributed by atoms with E-state index in [1.54, 1.807) is 13.2 Å². The minimum atomic E-state index is -4.02. The summed E-state index contributed by atoms with van der Waals surface area (Å²) in [6.07, 6.45) is 0.801. The first kappa shape index (κ1) is 23.6. The predicted octanol–water partition coefficient (Wildman–Crippen LogP) is 1.84. The highest BCUT2D eigenvalue weighted by molar-refractivity contribution is 7.89. The predicted molar refractivity (Wildman–Crippen MR) is 109 cm³/mol. The Morgan fingerprint density at radius 2 is 1.80 bits per heavy atom. The number of rotatable bonds is 10. The van der Waals surface area contributed by atoms with Crippen molar-refractivity contribution in [2.45, 2.75) is 31.7 Å². The topological polar surface area (TPSA) is 127 Å². The molecule has 0 atom stereocenters. The van der Waals surface area contributed by atoms with Crippen LogP contribution in [0, 0.1) is 13.8 Å². The van der Waals surface area contributed by atoms with Gasteiger partial charge in [0.1, 0.15) is 11.3 Å². The Morgan fingerprint density at radius 3 is 2.40 bits per heavy atom. The van der Waals surface area contributed by atoms with E-state index in [4.69, 9.17) is 19.3 Å². The van der Waals surface area contributed by atoms with Crippen molar-refractivity contribution in [1.29, 1.82) is 0 Å². The number of ketones is 1. The van der Waals surface area contributed by atoms with Gasteiger partial charge in [-0.25, -0.2) is 18.4 Å².